The molecular weight excluding hydrogens is 368 g/mol. The fourth-order valence-electron chi connectivity index (χ4n) is 2.53. The number of nitrogens with one attached hydrogen (secondary N) is 1. The Morgan fingerprint density at radius 1 is 1.50 bits per heavy atom. The molecule has 1 aliphatic rings. The average Bonchev–Trinajstić information content (AvgIpc) is 2.50. The molecule has 1 heterocycles. The van der Waals surface area contributed by atoms with Crippen molar-refractivity contribution in [1.29, 1.82) is 0 Å². The highest BCUT2D eigenvalue weighted by Crippen LogP contribution is 2.28. The number of amides is 1. The fraction of sp³-hybridized carbons (Fsp3) is 0.562. The van der Waals surface area contributed by atoms with Gasteiger partial charge in [-0.25, -0.2) is 0 Å². The van der Waals surface area contributed by atoms with Crippen LogP contribution < -0.4 is 10.1 Å². The highest BCUT2D eigenvalue weighted by atomic mass is 79.9. The molecule has 0 unspecified atom stereocenters. The van der Waals surface area contributed by atoms with Crippen LogP contribution in [0.5, 0.6) is 5.75 Å². The van der Waals surface area contributed by atoms with Crippen LogP contribution in [-0.4, -0.2) is 42.6 Å². The van der Waals surface area contributed by atoms with Crippen molar-refractivity contribution in [3.63, 3.8) is 0 Å². The van der Waals surface area contributed by atoms with Gasteiger partial charge in [-0.15, -0.1) is 0 Å². The molecule has 1 atom stereocenters. The summed E-state index contributed by atoms with van der Waals surface area (Å²) in [4.78, 5) is 14.6. The predicted octanol–water partition coefficient (Wildman–Crippen LogP) is 3.47. The summed E-state index contributed by atoms with van der Waals surface area (Å²) in [6, 6.07) is 5.59. The second-order valence-corrected chi connectivity index (χ2v) is 6.87. The van der Waals surface area contributed by atoms with Crippen LogP contribution >= 0.6 is 27.5 Å². The SMILES string of the molecule is CCN1CCC(NC(=O)[C@@H](C)Oc2ccc(Br)cc2Cl)CC1. The highest BCUT2D eigenvalue weighted by Gasteiger charge is 2.23. The Kier molecular flexibility index (Phi) is 6.53. The van der Waals surface area contributed by atoms with E-state index in [-0.39, 0.29) is 11.9 Å². The summed E-state index contributed by atoms with van der Waals surface area (Å²) in [6.45, 7) is 7.05. The van der Waals surface area contributed by atoms with Crippen molar-refractivity contribution >= 4 is 33.4 Å². The number of ether oxygens (including phenoxy) is 1. The Labute approximate surface area is 145 Å². The molecule has 1 amide bonds. The summed E-state index contributed by atoms with van der Waals surface area (Å²) in [5.41, 5.74) is 0. The summed E-state index contributed by atoms with van der Waals surface area (Å²) in [5.74, 6) is 0.433. The number of halogens is 2. The Bertz CT molecular complexity index is 519. The lowest BCUT2D eigenvalue weighted by Crippen LogP contribution is -2.48. The maximum atomic E-state index is 12.2. The lowest BCUT2D eigenvalue weighted by atomic mass is 10.0. The first kappa shape index (κ1) is 17.6. The average molecular weight is 390 g/mol. The van der Waals surface area contributed by atoms with Gasteiger partial charge in [0.15, 0.2) is 6.10 Å². The largest absolute Gasteiger partial charge is 0.479 e. The van der Waals surface area contributed by atoms with E-state index < -0.39 is 6.10 Å². The number of hydrogen-bond donors (Lipinski definition) is 1. The van der Waals surface area contributed by atoms with E-state index in [0.29, 0.717) is 10.8 Å². The molecule has 0 saturated carbocycles. The van der Waals surface area contributed by atoms with Gasteiger partial charge >= 0.3 is 0 Å². The molecule has 0 aromatic heterocycles. The number of carbonyl (C=O) groups excluding carboxylic acids is 1. The first-order valence-corrected chi connectivity index (χ1v) is 8.81. The maximum Gasteiger partial charge on any atom is 0.260 e. The molecule has 1 aromatic rings. The van der Waals surface area contributed by atoms with Gasteiger partial charge < -0.3 is 15.0 Å². The smallest absolute Gasteiger partial charge is 0.260 e. The Balaban J connectivity index is 1.84. The topological polar surface area (TPSA) is 41.6 Å². The van der Waals surface area contributed by atoms with E-state index in [9.17, 15) is 4.79 Å². The van der Waals surface area contributed by atoms with Gasteiger partial charge in [0.1, 0.15) is 5.75 Å². The molecule has 0 bridgehead atoms. The van der Waals surface area contributed by atoms with Crippen molar-refractivity contribution in [3.8, 4) is 5.75 Å². The highest BCUT2D eigenvalue weighted by molar-refractivity contribution is 9.10. The monoisotopic (exact) mass is 388 g/mol. The van der Waals surface area contributed by atoms with Crippen molar-refractivity contribution in [2.75, 3.05) is 19.6 Å². The minimum absolute atomic E-state index is 0.0890. The summed E-state index contributed by atoms with van der Waals surface area (Å²) < 4.78 is 6.55. The van der Waals surface area contributed by atoms with Crippen molar-refractivity contribution in [3.05, 3.63) is 27.7 Å². The molecule has 6 heteroatoms. The van der Waals surface area contributed by atoms with Gasteiger partial charge in [-0.05, 0) is 44.5 Å². The first-order chi connectivity index (χ1) is 10.5. The van der Waals surface area contributed by atoms with Crippen molar-refractivity contribution in [1.82, 2.24) is 10.2 Å². The van der Waals surface area contributed by atoms with E-state index >= 15 is 0 Å². The van der Waals surface area contributed by atoms with E-state index in [4.69, 9.17) is 16.3 Å². The quantitative estimate of drug-likeness (QED) is 0.838. The maximum absolute atomic E-state index is 12.2. The molecule has 22 heavy (non-hydrogen) atoms. The van der Waals surface area contributed by atoms with E-state index in [1.165, 1.54) is 0 Å². The number of rotatable bonds is 5. The van der Waals surface area contributed by atoms with Gasteiger partial charge in [-0.2, -0.15) is 0 Å². The van der Waals surface area contributed by atoms with Gasteiger partial charge in [0, 0.05) is 23.6 Å². The third-order valence-electron chi connectivity index (χ3n) is 3.95. The lowest BCUT2D eigenvalue weighted by molar-refractivity contribution is -0.128. The molecule has 2 rings (SSSR count). The molecule has 1 aliphatic heterocycles. The van der Waals surface area contributed by atoms with Crippen LogP contribution in [0.2, 0.25) is 5.02 Å². The lowest BCUT2D eigenvalue weighted by Gasteiger charge is -2.32. The van der Waals surface area contributed by atoms with Gasteiger partial charge in [0.2, 0.25) is 0 Å². The zero-order chi connectivity index (χ0) is 16.1. The molecular formula is C16H22BrClN2O2. The number of hydrogen-bond acceptors (Lipinski definition) is 3. The van der Waals surface area contributed by atoms with Crippen LogP contribution in [0.1, 0.15) is 26.7 Å². The van der Waals surface area contributed by atoms with Crippen molar-refractivity contribution < 1.29 is 9.53 Å². The molecule has 0 spiro atoms. The second-order valence-electron chi connectivity index (χ2n) is 5.55. The number of benzene rings is 1. The number of piperidine rings is 1. The van der Waals surface area contributed by atoms with E-state index in [2.05, 4.69) is 33.1 Å². The fourth-order valence-corrected chi connectivity index (χ4v) is 3.24. The third kappa shape index (κ3) is 4.86. The molecule has 122 valence electrons. The molecule has 4 nitrogen and oxygen atoms in total. The predicted molar refractivity (Wildman–Crippen MR) is 92.5 cm³/mol. The van der Waals surface area contributed by atoms with Crippen LogP contribution in [-0.2, 0) is 4.79 Å². The van der Waals surface area contributed by atoms with Gasteiger partial charge in [-0.3, -0.25) is 4.79 Å². The van der Waals surface area contributed by atoms with Gasteiger partial charge in [0.05, 0.1) is 5.02 Å². The zero-order valence-corrected chi connectivity index (χ0v) is 15.3. The first-order valence-electron chi connectivity index (χ1n) is 7.64. The minimum Gasteiger partial charge on any atom is -0.479 e. The number of carbonyl (C=O) groups is 1. The Hall–Kier alpha value is -0.780. The molecule has 0 radical (unpaired) electrons. The van der Waals surface area contributed by atoms with Crippen LogP contribution in [0.3, 0.4) is 0 Å². The normalized spacial score (nSPS) is 18.0. The van der Waals surface area contributed by atoms with Crippen molar-refractivity contribution in [2.24, 2.45) is 0 Å². The van der Waals surface area contributed by atoms with Crippen LogP contribution in [0.25, 0.3) is 0 Å². The number of likely N-dealkylation sites (tertiary alicyclic amines) is 1. The summed E-state index contributed by atoms with van der Waals surface area (Å²) in [6.07, 6.45) is 1.42. The molecule has 1 fully saturated rings. The van der Waals surface area contributed by atoms with Gasteiger partial charge in [-0.1, -0.05) is 34.5 Å². The summed E-state index contributed by atoms with van der Waals surface area (Å²) >= 11 is 9.45. The molecule has 1 aromatic carbocycles. The van der Waals surface area contributed by atoms with Gasteiger partial charge in [0.25, 0.3) is 5.91 Å². The Morgan fingerprint density at radius 3 is 2.77 bits per heavy atom. The van der Waals surface area contributed by atoms with E-state index in [0.717, 1.165) is 36.9 Å². The molecule has 0 aliphatic carbocycles. The standard InChI is InChI=1S/C16H22BrClN2O2/c1-3-20-8-6-13(7-9-20)19-16(21)11(2)22-15-5-4-12(17)10-14(15)18/h4-5,10-11,13H,3,6-9H2,1-2H3,(H,19,21)/t11-/m1/s1. The van der Waals surface area contributed by atoms with Crippen LogP contribution in [0.4, 0.5) is 0 Å². The van der Waals surface area contributed by atoms with Crippen LogP contribution in [0, 0.1) is 0 Å². The van der Waals surface area contributed by atoms with Crippen LogP contribution in [0.15, 0.2) is 22.7 Å². The summed E-state index contributed by atoms with van der Waals surface area (Å²) in [5, 5.41) is 3.56. The minimum atomic E-state index is -0.567. The summed E-state index contributed by atoms with van der Waals surface area (Å²) in [7, 11) is 0. The zero-order valence-electron chi connectivity index (χ0n) is 12.9. The molecule has 1 saturated heterocycles. The second kappa shape index (κ2) is 8.18. The Morgan fingerprint density at radius 2 is 2.18 bits per heavy atom. The van der Waals surface area contributed by atoms with E-state index in [1.54, 1.807) is 19.1 Å². The van der Waals surface area contributed by atoms with E-state index in [1.807, 2.05) is 6.07 Å². The van der Waals surface area contributed by atoms with Crippen molar-refractivity contribution in [2.45, 2.75) is 38.8 Å². The molecule has 1 N–H and O–H groups in total. The third-order valence-corrected chi connectivity index (χ3v) is 4.74. The number of nitrogens with zero attached hydrogens (tertiary/aromatic N) is 1.